The van der Waals surface area contributed by atoms with E-state index >= 15 is 0 Å². The number of rotatable bonds is 11. The standard InChI is InChI=1S/C31H39N3O3/c1-4-30(33-31(35)29-18-32-17-21(2)22(29)3)24-7-11-27(12-8-24)37-28-15-16-34(19-28)25-9-13-26(14-10-25)36-20-23-5-6-23/h4,7-14,18,21,23,28,30-31,33,35H,1,5-6,15-17,19-20H2,2-3H3. The summed E-state index contributed by atoms with van der Waals surface area (Å²) in [6, 6.07) is 16.3. The molecule has 6 nitrogen and oxygen atoms in total. The van der Waals surface area contributed by atoms with E-state index in [0.29, 0.717) is 5.92 Å². The van der Waals surface area contributed by atoms with Gasteiger partial charge in [0.05, 0.1) is 19.2 Å². The molecule has 2 aromatic carbocycles. The summed E-state index contributed by atoms with van der Waals surface area (Å²) < 4.78 is 12.2. The number of nitrogens with one attached hydrogen (secondary N) is 1. The smallest absolute Gasteiger partial charge is 0.133 e. The van der Waals surface area contributed by atoms with Crippen LogP contribution in [0.25, 0.3) is 0 Å². The van der Waals surface area contributed by atoms with E-state index < -0.39 is 6.23 Å². The number of anilines is 1. The van der Waals surface area contributed by atoms with E-state index in [9.17, 15) is 5.11 Å². The fourth-order valence-electron chi connectivity index (χ4n) is 4.94. The van der Waals surface area contributed by atoms with Gasteiger partial charge in [-0.25, -0.2) is 0 Å². The highest BCUT2D eigenvalue weighted by atomic mass is 16.5. The molecule has 4 atom stereocenters. The monoisotopic (exact) mass is 501 g/mol. The summed E-state index contributed by atoms with van der Waals surface area (Å²) in [6.45, 7) is 11.6. The van der Waals surface area contributed by atoms with Gasteiger partial charge in [0, 0.05) is 37.0 Å². The molecule has 196 valence electrons. The third-order valence-electron chi connectivity index (χ3n) is 7.74. The van der Waals surface area contributed by atoms with Crippen LogP contribution in [0.2, 0.25) is 0 Å². The number of benzene rings is 2. The van der Waals surface area contributed by atoms with Gasteiger partial charge in [0.1, 0.15) is 23.8 Å². The molecule has 2 aliphatic heterocycles. The Labute approximate surface area is 220 Å². The lowest BCUT2D eigenvalue weighted by Gasteiger charge is -2.26. The maximum absolute atomic E-state index is 10.8. The Morgan fingerprint density at radius 3 is 2.54 bits per heavy atom. The largest absolute Gasteiger partial charge is 0.493 e. The van der Waals surface area contributed by atoms with Gasteiger partial charge in [-0.05, 0) is 73.6 Å². The zero-order chi connectivity index (χ0) is 25.8. The molecule has 2 heterocycles. The molecule has 5 rings (SSSR count). The van der Waals surface area contributed by atoms with Crippen molar-refractivity contribution < 1.29 is 14.6 Å². The average molecular weight is 502 g/mol. The molecule has 0 radical (unpaired) electrons. The summed E-state index contributed by atoms with van der Waals surface area (Å²) in [7, 11) is 0. The fourth-order valence-corrected chi connectivity index (χ4v) is 4.94. The second-order valence-corrected chi connectivity index (χ2v) is 10.6. The van der Waals surface area contributed by atoms with E-state index in [1.807, 2.05) is 30.3 Å². The minimum absolute atomic E-state index is 0.147. The second-order valence-electron chi connectivity index (χ2n) is 10.6. The number of nitrogens with zero attached hydrogens (tertiary/aromatic N) is 2. The van der Waals surface area contributed by atoms with Crippen LogP contribution in [0.5, 0.6) is 11.5 Å². The maximum Gasteiger partial charge on any atom is 0.133 e. The number of dihydropyridines is 1. The predicted octanol–water partition coefficient (Wildman–Crippen LogP) is 5.31. The molecule has 0 amide bonds. The highest BCUT2D eigenvalue weighted by Crippen LogP contribution is 2.31. The average Bonchev–Trinajstić information content (AvgIpc) is 3.64. The van der Waals surface area contributed by atoms with Crippen LogP contribution in [0.1, 0.15) is 44.7 Å². The molecule has 0 spiro atoms. The number of hydrogen-bond donors (Lipinski definition) is 2. The van der Waals surface area contributed by atoms with Crippen molar-refractivity contribution in [2.24, 2.45) is 16.8 Å². The lowest BCUT2D eigenvalue weighted by molar-refractivity contribution is 0.167. The van der Waals surface area contributed by atoms with Crippen LogP contribution >= 0.6 is 0 Å². The molecule has 0 aromatic heterocycles. The van der Waals surface area contributed by atoms with Gasteiger partial charge >= 0.3 is 0 Å². The van der Waals surface area contributed by atoms with Crippen molar-refractivity contribution in [3.8, 4) is 11.5 Å². The summed E-state index contributed by atoms with van der Waals surface area (Å²) in [5.74, 6) is 2.91. The Kier molecular flexibility index (Phi) is 7.96. The van der Waals surface area contributed by atoms with E-state index in [1.165, 1.54) is 24.1 Å². The first kappa shape index (κ1) is 25.6. The Morgan fingerprint density at radius 1 is 1.11 bits per heavy atom. The molecule has 6 heteroatoms. The number of ether oxygens (including phenoxy) is 2. The molecular weight excluding hydrogens is 462 g/mol. The normalized spacial score (nSPS) is 23.2. The topological polar surface area (TPSA) is 66.3 Å². The molecule has 1 aliphatic carbocycles. The van der Waals surface area contributed by atoms with Gasteiger partial charge < -0.3 is 19.5 Å². The Balaban J connectivity index is 1.13. The van der Waals surface area contributed by atoms with Crippen LogP contribution in [0.3, 0.4) is 0 Å². The Bertz CT molecular complexity index is 1120. The Morgan fingerprint density at radius 2 is 1.84 bits per heavy atom. The van der Waals surface area contributed by atoms with Gasteiger partial charge in [-0.2, -0.15) is 0 Å². The first-order valence-electron chi connectivity index (χ1n) is 13.5. The summed E-state index contributed by atoms with van der Waals surface area (Å²) >= 11 is 0. The van der Waals surface area contributed by atoms with Gasteiger partial charge in [0.2, 0.25) is 0 Å². The Hall–Kier alpha value is -3.09. The van der Waals surface area contributed by atoms with Crippen molar-refractivity contribution in [3.05, 3.63) is 77.9 Å². The summed E-state index contributed by atoms with van der Waals surface area (Å²) in [4.78, 5) is 6.76. The van der Waals surface area contributed by atoms with Crippen molar-refractivity contribution in [2.45, 2.75) is 51.5 Å². The first-order chi connectivity index (χ1) is 18.0. The van der Waals surface area contributed by atoms with Crippen LogP contribution in [0, 0.1) is 11.8 Å². The fraction of sp³-hybridized carbons (Fsp3) is 0.452. The van der Waals surface area contributed by atoms with E-state index in [2.05, 4.69) is 59.9 Å². The molecule has 0 bridgehead atoms. The highest BCUT2D eigenvalue weighted by Gasteiger charge is 2.25. The van der Waals surface area contributed by atoms with Crippen molar-refractivity contribution in [2.75, 3.05) is 31.1 Å². The number of hydrogen-bond acceptors (Lipinski definition) is 6. The van der Waals surface area contributed by atoms with Crippen molar-refractivity contribution >= 4 is 11.9 Å². The van der Waals surface area contributed by atoms with Gasteiger partial charge in [-0.3, -0.25) is 10.3 Å². The number of aliphatic imine (C=N–C) groups is 1. The van der Waals surface area contributed by atoms with Crippen LogP contribution in [0.4, 0.5) is 5.69 Å². The van der Waals surface area contributed by atoms with Crippen LogP contribution < -0.4 is 19.7 Å². The third kappa shape index (κ3) is 6.43. The minimum Gasteiger partial charge on any atom is -0.493 e. The van der Waals surface area contributed by atoms with Gasteiger partial charge in [0.25, 0.3) is 0 Å². The summed E-state index contributed by atoms with van der Waals surface area (Å²) in [6.07, 6.45) is 6.54. The molecule has 1 saturated carbocycles. The second kappa shape index (κ2) is 11.5. The van der Waals surface area contributed by atoms with E-state index in [4.69, 9.17) is 9.47 Å². The maximum atomic E-state index is 10.8. The molecule has 4 unspecified atom stereocenters. The molecule has 1 saturated heterocycles. The van der Waals surface area contributed by atoms with Crippen molar-refractivity contribution in [3.63, 3.8) is 0 Å². The van der Waals surface area contributed by atoms with Gasteiger partial charge in [-0.1, -0.05) is 30.7 Å². The number of aliphatic hydroxyl groups is 1. The van der Waals surface area contributed by atoms with Crippen LogP contribution in [-0.4, -0.2) is 49.9 Å². The quantitative estimate of drug-likeness (QED) is 0.323. The highest BCUT2D eigenvalue weighted by molar-refractivity contribution is 5.82. The zero-order valence-electron chi connectivity index (χ0n) is 22.0. The summed E-state index contributed by atoms with van der Waals surface area (Å²) in [5.41, 5.74) is 4.25. The first-order valence-corrected chi connectivity index (χ1v) is 13.5. The predicted molar refractivity (Wildman–Crippen MR) is 150 cm³/mol. The SMILES string of the molecule is C=CC(NC(O)C1=C(C)C(C)CN=C1)c1ccc(OC2CCN(c3ccc(OCC4CC4)cc3)C2)cc1. The van der Waals surface area contributed by atoms with E-state index in [0.717, 1.165) is 61.2 Å². The van der Waals surface area contributed by atoms with Crippen molar-refractivity contribution in [1.82, 2.24) is 5.32 Å². The molecule has 2 N–H and O–H groups in total. The lowest BCUT2D eigenvalue weighted by atomic mass is 9.94. The molecular formula is C31H39N3O3. The molecule has 3 aliphatic rings. The minimum atomic E-state index is -0.797. The summed E-state index contributed by atoms with van der Waals surface area (Å²) in [5, 5.41) is 14.1. The van der Waals surface area contributed by atoms with Gasteiger partial charge in [0.15, 0.2) is 0 Å². The van der Waals surface area contributed by atoms with Crippen LogP contribution in [-0.2, 0) is 0 Å². The molecule has 2 fully saturated rings. The number of aliphatic hydroxyl groups excluding tert-OH is 1. The van der Waals surface area contributed by atoms with E-state index in [1.54, 1.807) is 6.21 Å². The lowest BCUT2D eigenvalue weighted by Crippen LogP contribution is -2.36. The zero-order valence-corrected chi connectivity index (χ0v) is 22.0. The van der Waals surface area contributed by atoms with E-state index in [-0.39, 0.29) is 12.1 Å². The third-order valence-corrected chi connectivity index (χ3v) is 7.74. The van der Waals surface area contributed by atoms with Crippen LogP contribution in [0.15, 0.2) is 77.3 Å². The molecule has 2 aromatic rings. The molecule has 37 heavy (non-hydrogen) atoms. The van der Waals surface area contributed by atoms with Crippen molar-refractivity contribution in [1.29, 1.82) is 0 Å². The van der Waals surface area contributed by atoms with Gasteiger partial charge in [-0.15, -0.1) is 6.58 Å².